The van der Waals surface area contributed by atoms with E-state index in [0.717, 1.165) is 23.7 Å². The van der Waals surface area contributed by atoms with E-state index in [9.17, 15) is 0 Å². The summed E-state index contributed by atoms with van der Waals surface area (Å²) >= 11 is 1.64. The van der Waals surface area contributed by atoms with E-state index in [1.165, 1.54) is 42.6 Å². The molecule has 2 unspecified atom stereocenters. The molecule has 0 radical (unpaired) electrons. The second-order valence-corrected chi connectivity index (χ2v) is 17.5. The lowest BCUT2D eigenvalue weighted by atomic mass is 9.81. The Morgan fingerprint density at radius 3 is 1.93 bits per heavy atom. The van der Waals surface area contributed by atoms with Crippen LogP contribution in [0.3, 0.4) is 0 Å². The van der Waals surface area contributed by atoms with Gasteiger partial charge in [-0.1, -0.05) is 79.7 Å². The molecule has 0 bridgehead atoms. The molecule has 0 N–H and O–H groups in total. The molecule has 1 aliphatic carbocycles. The minimum Gasteiger partial charge on any atom is -0.412 e. The number of hydrogen-bond acceptors (Lipinski definition) is 1. The van der Waals surface area contributed by atoms with Crippen LogP contribution in [0.4, 0.5) is 0 Å². The third-order valence-electron chi connectivity index (χ3n) is 7.38. The molecule has 166 valence electrons. The second kappa shape index (κ2) is 11.4. The summed E-state index contributed by atoms with van der Waals surface area (Å²) in [5, 5.41) is 0.911. The lowest BCUT2D eigenvalue weighted by Crippen LogP contribution is -2.47. The summed E-state index contributed by atoms with van der Waals surface area (Å²) in [5.74, 6) is 3.01. The molecule has 1 saturated carbocycles. The van der Waals surface area contributed by atoms with Gasteiger partial charge < -0.3 is 4.43 Å². The summed E-state index contributed by atoms with van der Waals surface area (Å²) in [6, 6.07) is 9.31. The summed E-state index contributed by atoms with van der Waals surface area (Å²) in [7, 11) is -1.78. The maximum absolute atomic E-state index is 6.77. The van der Waals surface area contributed by atoms with Gasteiger partial charge in [-0.3, -0.25) is 0 Å². The van der Waals surface area contributed by atoms with E-state index in [-0.39, 0.29) is 0 Å². The van der Waals surface area contributed by atoms with E-state index in [2.05, 4.69) is 79.7 Å². The highest BCUT2D eigenvalue weighted by Gasteiger charge is 2.44. The molecule has 1 aliphatic rings. The number of thiol groups is 1. The molecule has 2 rings (SSSR count). The molecule has 0 heterocycles. The Kier molecular flexibility index (Phi) is 9.82. The van der Waals surface area contributed by atoms with Crippen LogP contribution in [0.2, 0.25) is 16.6 Å². The fourth-order valence-corrected chi connectivity index (χ4v) is 12.5. The highest BCUT2D eigenvalue weighted by atomic mass is 32.2. The predicted octanol–water partition coefficient (Wildman–Crippen LogP) is 7.91. The van der Waals surface area contributed by atoms with Gasteiger partial charge in [-0.15, -0.1) is 0 Å². The van der Waals surface area contributed by atoms with E-state index in [4.69, 9.17) is 4.43 Å². The van der Waals surface area contributed by atoms with Crippen molar-refractivity contribution in [2.24, 2.45) is 11.8 Å². The molecule has 1 nitrogen and oxygen atoms in total. The zero-order valence-electron chi connectivity index (χ0n) is 20.4. The molecular formula is C26H47OSSi+. The third kappa shape index (κ3) is 6.61. The molecule has 2 atom stereocenters. The minimum absolute atomic E-state index is 0.644. The first kappa shape index (κ1) is 25.0. The maximum Gasteiger partial charge on any atom is 0.200 e. The van der Waals surface area contributed by atoms with Crippen molar-refractivity contribution < 1.29 is 4.43 Å². The van der Waals surface area contributed by atoms with Crippen LogP contribution in [0.1, 0.15) is 92.2 Å². The van der Waals surface area contributed by atoms with Gasteiger partial charge >= 0.3 is 0 Å². The van der Waals surface area contributed by atoms with Gasteiger partial charge in [0.1, 0.15) is 11.0 Å². The van der Waals surface area contributed by atoms with Gasteiger partial charge in [0.2, 0.25) is 8.32 Å². The van der Waals surface area contributed by atoms with Crippen molar-refractivity contribution in [1.29, 1.82) is 0 Å². The average molecular weight is 436 g/mol. The zero-order chi connectivity index (χ0) is 21.6. The topological polar surface area (TPSA) is 9.23 Å². The third-order valence-corrected chi connectivity index (χ3v) is 15.0. The van der Waals surface area contributed by atoms with Crippen LogP contribution in [0, 0.1) is 11.8 Å². The fourth-order valence-electron chi connectivity index (χ4n) is 5.66. The van der Waals surface area contributed by atoms with Gasteiger partial charge in [-0.05, 0) is 71.5 Å². The summed E-state index contributed by atoms with van der Waals surface area (Å²) in [5.41, 5.74) is 4.76. The zero-order valence-corrected chi connectivity index (χ0v) is 22.3. The fraction of sp³-hybridized carbons (Fsp3) is 0.769. The Balaban J connectivity index is 1.90. The highest BCUT2D eigenvalue weighted by molar-refractivity contribution is 7.78. The summed E-state index contributed by atoms with van der Waals surface area (Å²) in [4.78, 5) is 0. The van der Waals surface area contributed by atoms with E-state index < -0.39 is 8.32 Å². The van der Waals surface area contributed by atoms with Crippen LogP contribution < -0.4 is 0 Å². The van der Waals surface area contributed by atoms with Gasteiger partial charge in [-0.25, -0.2) is 0 Å². The SMILES string of the molecule is CC(C)C1CCCC([SH+]Cc2ccc(CO[Si](C(C)C)(C(C)C)C(C)C)cc2)C1. The van der Waals surface area contributed by atoms with Crippen LogP contribution in [0.5, 0.6) is 0 Å². The smallest absolute Gasteiger partial charge is 0.200 e. The quantitative estimate of drug-likeness (QED) is 0.206. The van der Waals surface area contributed by atoms with Crippen molar-refractivity contribution in [3.8, 4) is 0 Å². The Hall–Kier alpha value is -0.253. The van der Waals surface area contributed by atoms with Crippen LogP contribution >= 0.6 is 0 Å². The molecule has 3 heteroatoms. The van der Waals surface area contributed by atoms with Crippen LogP contribution in [-0.4, -0.2) is 13.6 Å². The van der Waals surface area contributed by atoms with E-state index >= 15 is 0 Å². The van der Waals surface area contributed by atoms with Crippen LogP contribution in [-0.2, 0) is 28.5 Å². The molecule has 0 spiro atoms. The van der Waals surface area contributed by atoms with Gasteiger partial charge in [0.15, 0.2) is 0 Å². The van der Waals surface area contributed by atoms with Crippen molar-refractivity contribution in [2.75, 3.05) is 0 Å². The molecule has 0 saturated heterocycles. The lowest BCUT2D eigenvalue weighted by molar-refractivity contribution is 0.266. The molecule has 1 aromatic rings. The standard InChI is InChI=1S/C26H46OSSi/c1-19(2)25-10-9-11-26(16-25)28-18-24-14-12-23(13-15-24)17-27-29(20(3)4,21(5)6)22(7)8/h12-15,19-22,25-26H,9-11,16-18H2,1-8H3/p+1. The molecule has 0 amide bonds. The van der Waals surface area contributed by atoms with E-state index in [1.54, 1.807) is 11.8 Å². The first-order valence-corrected chi connectivity index (χ1v) is 15.3. The maximum atomic E-state index is 6.77. The second-order valence-electron chi connectivity index (χ2n) is 10.6. The van der Waals surface area contributed by atoms with Gasteiger partial charge in [-0.2, -0.15) is 0 Å². The summed E-state index contributed by atoms with van der Waals surface area (Å²) in [6.07, 6.45) is 5.76. The molecule has 0 aromatic heterocycles. The van der Waals surface area contributed by atoms with Crippen molar-refractivity contribution >= 4 is 20.1 Å². The Labute approximate surface area is 186 Å². The molecule has 29 heavy (non-hydrogen) atoms. The van der Waals surface area contributed by atoms with E-state index in [1.807, 2.05) is 0 Å². The first-order chi connectivity index (χ1) is 13.7. The van der Waals surface area contributed by atoms with Crippen molar-refractivity contribution in [3.63, 3.8) is 0 Å². The number of benzene rings is 1. The molecular weight excluding hydrogens is 388 g/mol. The van der Waals surface area contributed by atoms with Crippen molar-refractivity contribution in [2.45, 2.75) is 115 Å². The molecule has 1 fully saturated rings. The minimum atomic E-state index is -1.78. The molecule has 1 aromatic carbocycles. The van der Waals surface area contributed by atoms with Crippen LogP contribution in [0.15, 0.2) is 24.3 Å². The van der Waals surface area contributed by atoms with Crippen molar-refractivity contribution in [3.05, 3.63) is 35.4 Å². The largest absolute Gasteiger partial charge is 0.412 e. The first-order valence-electron chi connectivity index (χ1n) is 12.0. The normalized spacial score (nSPS) is 21.0. The summed E-state index contributed by atoms with van der Waals surface area (Å²) < 4.78 is 6.77. The van der Waals surface area contributed by atoms with E-state index in [0.29, 0.717) is 16.6 Å². The highest BCUT2D eigenvalue weighted by Crippen LogP contribution is 2.42. The average Bonchev–Trinajstić information content (AvgIpc) is 2.67. The van der Waals surface area contributed by atoms with Gasteiger partial charge in [0.25, 0.3) is 0 Å². The van der Waals surface area contributed by atoms with Crippen LogP contribution in [0.25, 0.3) is 0 Å². The Morgan fingerprint density at radius 1 is 0.862 bits per heavy atom. The Bertz CT molecular complexity index is 571. The monoisotopic (exact) mass is 435 g/mol. The Morgan fingerprint density at radius 2 is 1.41 bits per heavy atom. The lowest BCUT2D eigenvalue weighted by Gasteiger charge is -2.42. The number of rotatable bonds is 10. The van der Waals surface area contributed by atoms with Crippen molar-refractivity contribution in [1.82, 2.24) is 0 Å². The number of hydrogen-bond donors (Lipinski definition) is 0. The molecule has 0 aliphatic heterocycles. The summed E-state index contributed by atoms with van der Waals surface area (Å²) in [6.45, 7) is 19.8. The van der Waals surface area contributed by atoms with Gasteiger partial charge in [0.05, 0.1) is 6.61 Å². The van der Waals surface area contributed by atoms with Gasteiger partial charge in [0, 0.05) is 5.56 Å². The predicted molar refractivity (Wildman–Crippen MR) is 135 cm³/mol.